The molecule has 1 aliphatic heterocycles. The maximum absolute atomic E-state index is 12.9. The highest BCUT2D eigenvalue weighted by molar-refractivity contribution is 6.01. The maximum Gasteiger partial charge on any atom is 0.305 e. The van der Waals surface area contributed by atoms with E-state index in [2.05, 4.69) is 10.3 Å². The van der Waals surface area contributed by atoms with Gasteiger partial charge in [0.05, 0.1) is 6.42 Å². The fourth-order valence-corrected chi connectivity index (χ4v) is 3.41. The average Bonchev–Trinajstić information content (AvgIpc) is 3.32. The third-order valence-electron chi connectivity index (χ3n) is 4.79. The second-order valence-corrected chi connectivity index (χ2v) is 6.69. The Morgan fingerprint density at radius 2 is 2.04 bits per heavy atom. The van der Waals surface area contributed by atoms with Crippen molar-refractivity contribution in [1.82, 2.24) is 15.2 Å². The molecular formula is C19H20FN3O5. The summed E-state index contributed by atoms with van der Waals surface area (Å²) >= 11 is 0. The van der Waals surface area contributed by atoms with Crippen LogP contribution in [0.4, 0.5) is 4.39 Å². The van der Waals surface area contributed by atoms with Crippen LogP contribution in [0.1, 0.15) is 29.8 Å². The quantitative estimate of drug-likeness (QED) is 0.659. The molecule has 2 heterocycles. The van der Waals surface area contributed by atoms with Gasteiger partial charge >= 0.3 is 5.97 Å². The number of aromatic nitrogens is 1. The lowest BCUT2D eigenvalue weighted by Gasteiger charge is -2.25. The smallest absolute Gasteiger partial charge is 0.305 e. The molecule has 148 valence electrons. The minimum atomic E-state index is -1.46. The minimum absolute atomic E-state index is 0.336. The number of halogens is 1. The summed E-state index contributed by atoms with van der Waals surface area (Å²) in [5.74, 6) is -3.36. The Morgan fingerprint density at radius 3 is 2.71 bits per heavy atom. The molecule has 0 bridgehead atoms. The summed E-state index contributed by atoms with van der Waals surface area (Å²) in [7, 11) is 0. The van der Waals surface area contributed by atoms with Crippen molar-refractivity contribution in [2.75, 3.05) is 13.2 Å². The number of benzene rings is 1. The lowest BCUT2D eigenvalue weighted by molar-refractivity contribution is -0.140. The molecule has 0 spiro atoms. The Balaban J connectivity index is 1.75. The van der Waals surface area contributed by atoms with Gasteiger partial charge in [0.2, 0.25) is 5.91 Å². The van der Waals surface area contributed by atoms with Gasteiger partial charge in [-0.25, -0.2) is 4.39 Å². The highest BCUT2D eigenvalue weighted by Crippen LogP contribution is 2.22. The summed E-state index contributed by atoms with van der Waals surface area (Å²) in [5, 5.41) is 12.0. The number of amides is 2. The van der Waals surface area contributed by atoms with Crippen LogP contribution >= 0.6 is 0 Å². The minimum Gasteiger partial charge on any atom is -0.481 e. The molecule has 0 saturated carbocycles. The van der Waals surface area contributed by atoms with Crippen molar-refractivity contribution >= 4 is 34.5 Å². The van der Waals surface area contributed by atoms with Crippen LogP contribution in [0.5, 0.6) is 0 Å². The van der Waals surface area contributed by atoms with Crippen molar-refractivity contribution in [3.8, 4) is 0 Å². The number of H-pyrrole nitrogens is 1. The van der Waals surface area contributed by atoms with Crippen molar-refractivity contribution in [3.63, 3.8) is 0 Å². The van der Waals surface area contributed by atoms with E-state index in [1.54, 1.807) is 6.07 Å². The summed E-state index contributed by atoms with van der Waals surface area (Å²) in [5.41, 5.74) is 1.13. The number of rotatable bonds is 7. The molecule has 1 aromatic heterocycles. The van der Waals surface area contributed by atoms with Crippen LogP contribution in [-0.2, 0) is 14.4 Å². The van der Waals surface area contributed by atoms with Crippen LogP contribution in [-0.4, -0.2) is 63.9 Å². The molecule has 1 aromatic carbocycles. The van der Waals surface area contributed by atoms with Gasteiger partial charge in [-0.3, -0.25) is 19.2 Å². The number of carboxylic acid groups (broad SMARTS) is 1. The number of hydrogen-bond acceptors (Lipinski definition) is 4. The first-order valence-electron chi connectivity index (χ1n) is 8.90. The summed E-state index contributed by atoms with van der Waals surface area (Å²) in [6.07, 6.45) is 0.253. The van der Waals surface area contributed by atoms with E-state index < -0.39 is 42.8 Å². The third-order valence-corrected chi connectivity index (χ3v) is 4.79. The molecule has 1 saturated heterocycles. The number of aliphatic carboxylic acids is 1. The summed E-state index contributed by atoms with van der Waals surface area (Å²) in [4.78, 5) is 52.4. The molecule has 3 N–H and O–H groups in total. The number of fused-ring (bicyclic) bond motifs is 1. The zero-order valence-electron chi connectivity index (χ0n) is 15.0. The number of aromatic amines is 1. The number of carbonyl (C=O) groups is 4. The Morgan fingerprint density at radius 1 is 1.29 bits per heavy atom. The highest BCUT2D eigenvalue weighted by atomic mass is 19.1. The van der Waals surface area contributed by atoms with Gasteiger partial charge in [-0.15, -0.1) is 0 Å². The van der Waals surface area contributed by atoms with Crippen LogP contribution in [0.2, 0.25) is 0 Å². The molecule has 2 aromatic rings. The van der Waals surface area contributed by atoms with Crippen molar-refractivity contribution in [3.05, 3.63) is 36.0 Å². The van der Waals surface area contributed by atoms with Crippen LogP contribution in [0, 0.1) is 0 Å². The van der Waals surface area contributed by atoms with Crippen LogP contribution in [0.15, 0.2) is 30.3 Å². The van der Waals surface area contributed by atoms with Crippen molar-refractivity contribution < 1.29 is 28.7 Å². The van der Waals surface area contributed by atoms with Crippen LogP contribution in [0.3, 0.4) is 0 Å². The van der Waals surface area contributed by atoms with E-state index in [0.717, 1.165) is 10.9 Å². The predicted molar refractivity (Wildman–Crippen MR) is 97.5 cm³/mol. The van der Waals surface area contributed by atoms with Gasteiger partial charge in [0.1, 0.15) is 24.5 Å². The molecular weight excluding hydrogens is 369 g/mol. The fourth-order valence-electron chi connectivity index (χ4n) is 3.41. The van der Waals surface area contributed by atoms with E-state index in [9.17, 15) is 23.6 Å². The van der Waals surface area contributed by atoms with E-state index in [0.29, 0.717) is 25.1 Å². The van der Waals surface area contributed by atoms with Gasteiger partial charge < -0.3 is 20.3 Å². The molecule has 1 fully saturated rings. The molecule has 3 rings (SSSR count). The second kappa shape index (κ2) is 8.20. The Labute approximate surface area is 159 Å². The third kappa shape index (κ3) is 4.03. The molecule has 0 aliphatic carbocycles. The Kier molecular flexibility index (Phi) is 5.72. The molecule has 8 nitrogen and oxygen atoms in total. The molecule has 2 atom stereocenters. The lowest BCUT2D eigenvalue weighted by Crippen LogP contribution is -2.51. The van der Waals surface area contributed by atoms with Gasteiger partial charge in [0.15, 0.2) is 5.78 Å². The number of hydrogen-bond donors (Lipinski definition) is 3. The number of Topliss-reactive ketones (excluding diaryl/α,β-unsaturated/α-hetero) is 1. The number of carboxylic acids is 1. The number of carbonyl (C=O) groups excluding carboxylic acids is 3. The first-order chi connectivity index (χ1) is 13.4. The van der Waals surface area contributed by atoms with E-state index in [-0.39, 0.29) is 5.91 Å². The van der Waals surface area contributed by atoms with Gasteiger partial charge in [0.25, 0.3) is 5.91 Å². The number of ketones is 1. The van der Waals surface area contributed by atoms with Crippen molar-refractivity contribution in [1.29, 1.82) is 0 Å². The largest absolute Gasteiger partial charge is 0.481 e. The molecule has 1 aliphatic rings. The van der Waals surface area contributed by atoms with Crippen molar-refractivity contribution in [2.24, 2.45) is 0 Å². The van der Waals surface area contributed by atoms with Gasteiger partial charge in [0, 0.05) is 17.4 Å². The first-order valence-corrected chi connectivity index (χ1v) is 8.90. The van der Waals surface area contributed by atoms with E-state index in [1.807, 2.05) is 24.3 Å². The summed E-state index contributed by atoms with van der Waals surface area (Å²) < 4.78 is 12.7. The number of likely N-dealkylation sites (tertiary alicyclic amines) is 1. The van der Waals surface area contributed by atoms with E-state index in [4.69, 9.17) is 5.11 Å². The van der Waals surface area contributed by atoms with E-state index >= 15 is 0 Å². The number of alkyl halides is 1. The standard InChI is InChI=1S/C19H20FN3O5/c20-10-16(24)13(9-17(25)26)22-18(27)15-6-3-7-23(15)19(28)14-8-11-4-1-2-5-12(11)21-14/h1-2,4-5,8,13,15,21H,3,6-7,9-10H2,(H,22,27)(H,25,26). The highest BCUT2D eigenvalue weighted by Gasteiger charge is 2.37. The number of nitrogens with zero attached hydrogens (tertiary/aromatic N) is 1. The van der Waals surface area contributed by atoms with Gasteiger partial charge in [-0.05, 0) is 25.0 Å². The fraction of sp³-hybridized carbons (Fsp3) is 0.368. The Bertz CT molecular complexity index is 892. The number of para-hydroxylation sites is 1. The lowest BCUT2D eigenvalue weighted by atomic mass is 10.1. The summed E-state index contributed by atoms with van der Waals surface area (Å²) in [6.45, 7) is -1.02. The van der Waals surface area contributed by atoms with Crippen LogP contribution in [0.25, 0.3) is 10.9 Å². The SMILES string of the molecule is O=C(O)CC(NC(=O)C1CCCN1C(=O)c1cc2ccccc2[nH]1)C(=O)CF. The molecule has 9 heteroatoms. The predicted octanol–water partition coefficient (Wildman–Crippen LogP) is 1.27. The van der Waals surface area contributed by atoms with Crippen LogP contribution < -0.4 is 5.32 Å². The zero-order chi connectivity index (χ0) is 20.3. The normalized spacial score (nSPS) is 17.5. The van der Waals surface area contributed by atoms with Crippen molar-refractivity contribution in [2.45, 2.75) is 31.3 Å². The van der Waals surface area contributed by atoms with E-state index in [1.165, 1.54) is 4.90 Å². The average molecular weight is 389 g/mol. The van der Waals surface area contributed by atoms with Gasteiger partial charge in [-0.1, -0.05) is 18.2 Å². The maximum atomic E-state index is 12.9. The first kappa shape index (κ1) is 19.5. The molecule has 2 unspecified atom stereocenters. The number of nitrogens with one attached hydrogen (secondary N) is 2. The molecule has 28 heavy (non-hydrogen) atoms. The molecule has 0 radical (unpaired) electrons. The topological polar surface area (TPSA) is 120 Å². The van der Waals surface area contributed by atoms with Gasteiger partial charge in [-0.2, -0.15) is 0 Å². The Hall–Kier alpha value is -3.23. The monoisotopic (exact) mass is 389 g/mol. The molecule has 2 amide bonds. The zero-order valence-corrected chi connectivity index (χ0v) is 15.0. The summed E-state index contributed by atoms with van der Waals surface area (Å²) in [6, 6.07) is 6.77. The second-order valence-electron chi connectivity index (χ2n) is 6.69.